The van der Waals surface area contributed by atoms with Crippen LogP contribution in [0.5, 0.6) is 0 Å². The molecule has 5 heteroatoms. The molecule has 1 aromatic rings. The molecule has 0 radical (unpaired) electrons. The van der Waals surface area contributed by atoms with Gasteiger partial charge in [0.15, 0.2) is 5.78 Å². The summed E-state index contributed by atoms with van der Waals surface area (Å²) in [5.41, 5.74) is 0.804. The zero-order valence-corrected chi connectivity index (χ0v) is 13.7. The average Bonchev–Trinajstić information content (AvgIpc) is 3.02. The Labute approximate surface area is 137 Å². The zero-order valence-electron chi connectivity index (χ0n) is 13.7. The third-order valence-corrected chi connectivity index (χ3v) is 4.85. The van der Waals surface area contributed by atoms with Crippen LogP contribution in [0.2, 0.25) is 0 Å². The summed E-state index contributed by atoms with van der Waals surface area (Å²) in [6, 6.07) is 5.08. The maximum atomic E-state index is 13.9. The van der Waals surface area contributed by atoms with Crippen LogP contribution in [0, 0.1) is 11.7 Å². The van der Waals surface area contributed by atoms with Gasteiger partial charge in [0.05, 0.1) is 12.2 Å². The molecule has 0 saturated carbocycles. The Hall–Kier alpha value is -1.46. The van der Waals surface area contributed by atoms with Crippen molar-refractivity contribution >= 4 is 11.5 Å². The molecule has 126 valence electrons. The number of hydrogen-bond acceptors (Lipinski definition) is 4. The van der Waals surface area contributed by atoms with E-state index in [0.717, 1.165) is 45.7 Å². The number of nitrogens with one attached hydrogen (secondary N) is 1. The summed E-state index contributed by atoms with van der Waals surface area (Å²) in [5, 5.41) is 3.37. The predicted octanol–water partition coefficient (Wildman–Crippen LogP) is 2.94. The van der Waals surface area contributed by atoms with Gasteiger partial charge in [-0.2, -0.15) is 0 Å². The van der Waals surface area contributed by atoms with Crippen molar-refractivity contribution in [3.63, 3.8) is 0 Å². The van der Waals surface area contributed by atoms with Crippen LogP contribution in [0.4, 0.5) is 10.1 Å². The highest BCUT2D eigenvalue weighted by Gasteiger charge is 2.24. The smallest absolute Gasteiger partial charge is 0.164 e. The number of likely N-dealkylation sites (tertiary alicyclic amines) is 1. The largest absolute Gasteiger partial charge is 0.382 e. The predicted molar refractivity (Wildman–Crippen MR) is 88.4 cm³/mol. The molecule has 0 aliphatic carbocycles. The van der Waals surface area contributed by atoms with Gasteiger partial charge in [0.2, 0.25) is 0 Å². The first-order valence-corrected chi connectivity index (χ1v) is 8.49. The van der Waals surface area contributed by atoms with E-state index < -0.39 is 5.82 Å². The quantitative estimate of drug-likeness (QED) is 0.847. The summed E-state index contributed by atoms with van der Waals surface area (Å²) in [4.78, 5) is 14.2. The summed E-state index contributed by atoms with van der Waals surface area (Å²) in [6.45, 7) is 6.40. The van der Waals surface area contributed by atoms with Gasteiger partial charge in [0.25, 0.3) is 0 Å². The Morgan fingerprint density at radius 2 is 2.13 bits per heavy atom. The topological polar surface area (TPSA) is 41.6 Å². The molecule has 2 saturated heterocycles. The average molecular weight is 320 g/mol. The highest BCUT2D eigenvalue weighted by Crippen LogP contribution is 2.24. The SMILES string of the molecule is CC(=O)c1c(F)cccc1NC1CCN(CC2CCOC2)CC1. The van der Waals surface area contributed by atoms with Gasteiger partial charge in [-0.3, -0.25) is 4.79 Å². The van der Waals surface area contributed by atoms with Gasteiger partial charge >= 0.3 is 0 Å². The number of anilines is 1. The number of hydrogen-bond donors (Lipinski definition) is 1. The highest BCUT2D eigenvalue weighted by atomic mass is 19.1. The first kappa shape index (κ1) is 16.4. The fraction of sp³-hybridized carbons (Fsp3) is 0.611. The third kappa shape index (κ3) is 4.09. The molecule has 0 bridgehead atoms. The van der Waals surface area contributed by atoms with Crippen molar-refractivity contribution in [2.45, 2.75) is 32.2 Å². The van der Waals surface area contributed by atoms with Gasteiger partial charge in [-0.25, -0.2) is 4.39 Å². The molecule has 1 unspecified atom stereocenters. The van der Waals surface area contributed by atoms with Crippen molar-refractivity contribution in [1.29, 1.82) is 0 Å². The molecule has 2 aliphatic heterocycles. The lowest BCUT2D eigenvalue weighted by Gasteiger charge is -2.34. The van der Waals surface area contributed by atoms with Crippen molar-refractivity contribution in [3.05, 3.63) is 29.6 Å². The zero-order chi connectivity index (χ0) is 16.2. The maximum Gasteiger partial charge on any atom is 0.164 e. The minimum Gasteiger partial charge on any atom is -0.382 e. The van der Waals surface area contributed by atoms with Crippen LogP contribution < -0.4 is 5.32 Å². The summed E-state index contributed by atoms with van der Waals surface area (Å²) >= 11 is 0. The van der Waals surface area contributed by atoms with Crippen LogP contribution >= 0.6 is 0 Å². The fourth-order valence-electron chi connectivity index (χ4n) is 3.57. The van der Waals surface area contributed by atoms with E-state index in [-0.39, 0.29) is 11.3 Å². The van der Waals surface area contributed by atoms with Crippen LogP contribution in [-0.4, -0.2) is 49.6 Å². The molecule has 2 aliphatic rings. The molecular formula is C18H25FN2O2. The fourth-order valence-corrected chi connectivity index (χ4v) is 3.57. The Kier molecular flexibility index (Phi) is 5.28. The third-order valence-electron chi connectivity index (χ3n) is 4.85. The van der Waals surface area contributed by atoms with Gasteiger partial charge in [-0.15, -0.1) is 0 Å². The molecule has 1 N–H and O–H groups in total. The van der Waals surface area contributed by atoms with Crippen molar-refractivity contribution < 1.29 is 13.9 Å². The van der Waals surface area contributed by atoms with E-state index >= 15 is 0 Å². The van der Waals surface area contributed by atoms with Gasteiger partial charge in [-0.05, 0) is 44.2 Å². The van der Waals surface area contributed by atoms with E-state index in [1.165, 1.54) is 19.4 Å². The number of Topliss-reactive ketones (excluding diaryl/α,β-unsaturated/α-hetero) is 1. The Balaban J connectivity index is 1.54. The molecule has 2 fully saturated rings. The Bertz CT molecular complexity index is 550. The molecule has 1 atom stereocenters. The Morgan fingerprint density at radius 3 is 2.78 bits per heavy atom. The van der Waals surface area contributed by atoms with Crippen LogP contribution in [0.3, 0.4) is 0 Å². The highest BCUT2D eigenvalue weighted by molar-refractivity contribution is 5.99. The summed E-state index contributed by atoms with van der Waals surface area (Å²) in [7, 11) is 0. The number of carbonyl (C=O) groups excluding carboxylic acids is 1. The monoisotopic (exact) mass is 320 g/mol. The van der Waals surface area contributed by atoms with E-state index in [2.05, 4.69) is 10.2 Å². The number of carbonyl (C=O) groups is 1. The number of halogens is 1. The number of ketones is 1. The van der Waals surface area contributed by atoms with Crippen molar-refractivity contribution in [3.8, 4) is 0 Å². The first-order chi connectivity index (χ1) is 11.1. The minimum absolute atomic E-state index is 0.179. The van der Waals surface area contributed by atoms with E-state index in [1.54, 1.807) is 12.1 Å². The second-order valence-electron chi connectivity index (χ2n) is 6.67. The molecule has 4 nitrogen and oxygen atoms in total. The van der Waals surface area contributed by atoms with E-state index in [0.29, 0.717) is 17.6 Å². The van der Waals surface area contributed by atoms with Crippen LogP contribution in [0.25, 0.3) is 0 Å². The number of benzene rings is 1. The van der Waals surface area contributed by atoms with Crippen LogP contribution in [0.15, 0.2) is 18.2 Å². The van der Waals surface area contributed by atoms with Gasteiger partial charge in [0.1, 0.15) is 5.82 Å². The lowest BCUT2D eigenvalue weighted by molar-refractivity contribution is 0.101. The van der Waals surface area contributed by atoms with Crippen molar-refractivity contribution in [2.75, 3.05) is 38.2 Å². The Morgan fingerprint density at radius 1 is 1.35 bits per heavy atom. The van der Waals surface area contributed by atoms with Gasteiger partial charge < -0.3 is 15.0 Å². The standard InChI is InChI=1S/C18H25FN2O2/c1-13(22)18-16(19)3-2-4-17(18)20-15-5-8-21(9-6-15)11-14-7-10-23-12-14/h2-4,14-15,20H,5-12H2,1H3. The van der Waals surface area contributed by atoms with E-state index in [4.69, 9.17) is 4.74 Å². The summed E-state index contributed by atoms with van der Waals surface area (Å²) in [6.07, 6.45) is 3.20. The van der Waals surface area contributed by atoms with Gasteiger partial charge in [0, 0.05) is 38.0 Å². The molecule has 3 rings (SSSR count). The number of piperidine rings is 1. The minimum atomic E-state index is -0.443. The molecule has 1 aromatic carbocycles. The second kappa shape index (κ2) is 7.41. The van der Waals surface area contributed by atoms with Crippen LogP contribution in [0.1, 0.15) is 36.5 Å². The number of rotatable bonds is 5. The lowest BCUT2D eigenvalue weighted by Crippen LogP contribution is -2.41. The number of nitrogens with zero attached hydrogens (tertiary/aromatic N) is 1. The molecular weight excluding hydrogens is 295 g/mol. The molecule has 2 heterocycles. The second-order valence-corrected chi connectivity index (χ2v) is 6.67. The lowest BCUT2D eigenvalue weighted by atomic mass is 10.0. The molecule has 23 heavy (non-hydrogen) atoms. The molecule has 0 aromatic heterocycles. The molecule has 0 amide bonds. The summed E-state index contributed by atoms with van der Waals surface area (Å²) in [5.74, 6) is -0.00233. The first-order valence-electron chi connectivity index (χ1n) is 8.49. The number of ether oxygens (including phenoxy) is 1. The van der Waals surface area contributed by atoms with Crippen molar-refractivity contribution in [2.24, 2.45) is 5.92 Å². The maximum absolute atomic E-state index is 13.9. The normalized spacial score (nSPS) is 23.1. The van der Waals surface area contributed by atoms with Gasteiger partial charge in [-0.1, -0.05) is 6.07 Å². The van der Waals surface area contributed by atoms with E-state index in [1.807, 2.05) is 0 Å². The van der Waals surface area contributed by atoms with Crippen LogP contribution in [-0.2, 0) is 4.74 Å². The molecule has 0 spiro atoms. The van der Waals surface area contributed by atoms with E-state index in [9.17, 15) is 9.18 Å². The summed E-state index contributed by atoms with van der Waals surface area (Å²) < 4.78 is 19.3. The van der Waals surface area contributed by atoms with Crippen molar-refractivity contribution in [1.82, 2.24) is 4.90 Å².